The zero-order valence-corrected chi connectivity index (χ0v) is 13.1. The molecule has 0 aliphatic rings. The Kier molecular flexibility index (Phi) is 4.99. The third-order valence-corrected chi connectivity index (χ3v) is 4.10. The van der Waals surface area contributed by atoms with Gasteiger partial charge in [0.05, 0.1) is 0 Å². The van der Waals surface area contributed by atoms with Crippen LogP contribution in [-0.2, 0) is 6.42 Å². The van der Waals surface area contributed by atoms with E-state index in [1.807, 2.05) is 18.2 Å². The minimum atomic E-state index is 0.645. The first-order chi connectivity index (χ1) is 9.10. The standard InChI is InChI=1S/C15H21BrN2O/c1-10(2)11(7-8-17)3-6-15-18-13-9-12(16)4-5-14(13)19-15/h4-5,9-11H,3,6-8,17H2,1-2H3. The van der Waals surface area contributed by atoms with Gasteiger partial charge in [-0.2, -0.15) is 0 Å². The van der Waals surface area contributed by atoms with Crippen LogP contribution in [0, 0.1) is 11.8 Å². The molecule has 1 heterocycles. The number of halogens is 1. The van der Waals surface area contributed by atoms with Crippen LogP contribution < -0.4 is 5.73 Å². The summed E-state index contributed by atoms with van der Waals surface area (Å²) in [5.74, 6) is 2.13. The van der Waals surface area contributed by atoms with Crippen LogP contribution in [0.4, 0.5) is 0 Å². The Bertz CT molecular complexity index is 536. The summed E-state index contributed by atoms with van der Waals surface area (Å²) in [5.41, 5.74) is 7.45. The van der Waals surface area contributed by atoms with Gasteiger partial charge in [-0.3, -0.25) is 0 Å². The SMILES string of the molecule is CC(C)C(CCN)CCc1nc2cc(Br)ccc2o1. The Labute approximate surface area is 122 Å². The molecule has 2 rings (SSSR count). The molecule has 104 valence electrons. The van der Waals surface area contributed by atoms with Crippen molar-refractivity contribution in [1.29, 1.82) is 0 Å². The van der Waals surface area contributed by atoms with Gasteiger partial charge in [-0.15, -0.1) is 0 Å². The average molecular weight is 325 g/mol. The summed E-state index contributed by atoms with van der Waals surface area (Å²) in [6.45, 7) is 5.26. The number of aryl methyl sites for hydroxylation is 1. The van der Waals surface area contributed by atoms with E-state index < -0.39 is 0 Å². The van der Waals surface area contributed by atoms with E-state index in [-0.39, 0.29) is 0 Å². The molecule has 0 spiro atoms. The minimum absolute atomic E-state index is 0.645. The Morgan fingerprint density at radius 2 is 2.11 bits per heavy atom. The molecule has 2 N–H and O–H groups in total. The molecule has 1 aromatic heterocycles. The maximum Gasteiger partial charge on any atom is 0.195 e. The van der Waals surface area contributed by atoms with Gasteiger partial charge in [-0.1, -0.05) is 29.8 Å². The van der Waals surface area contributed by atoms with Crippen LogP contribution in [0.5, 0.6) is 0 Å². The summed E-state index contributed by atoms with van der Waals surface area (Å²) in [7, 11) is 0. The lowest BCUT2D eigenvalue weighted by molar-refractivity contribution is 0.330. The van der Waals surface area contributed by atoms with Crippen molar-refractivity contribution in [2.24, 2.45) is 17.6 Å². The number of hydrogen-bond donors (Lipinski definition) is 1. The van der Waals surface area contributed by atoms with Crippen molar-refractivity contribution >= 4 is 27.0 Å². The Hall–Kier alpha value is -0.870. The lowest BCUT2D eigenvalue weighted by Gasteiger charge is -2.18. The second kappa shape index (κ2) is 6.53. The van der Waals surface area contributed by atoms with Crippen molar-refractivity contribution in [3.63, 3.8) is 0 Å². The van der Waals surface area contributed by atoms with E-state index in [1.165, 1.54) is 0 Å². The first kappa shape index (κ1) is 14.5. The summed E-state index contributed by atoms with van der Waals surface area (Å²) in [6, 6.07) is 5.92. The molecule has 0 saturated heterocycles. The van der Waals surface area contributed by atoms with E-state index in [1.54, 1.807) is 0 Å². The number of oxazole rings is 1. The summed E-state index contributed by atoms with van der Waals surface area (Å²) >= 11 is 3.45. The third kappa shape index (κ3) is 3.80. The summed E-state index contributed by atoms with van der Waals surface area (Å²) in [6.07, 6.45) is 3.04. The largest absolute Gasteiger partial charge is 0.441 e. The van der Waals surface area contributed by atoms with Crippen LogP contribution in [0.2, 0.25) is 0 Å². The topological polar surface area (TPSA) is 52.0 Å². The van der Waals surface area contributed by atoms with Gasteiger partial charge in [0.15, 0.2) is 11.5 Å². The number of fused-ring (bicyclic) bond motifs is 1. The van der Waals surface area contributed by atoms with Gasteiger partial charge in [0, 0.05) is 10.9 Å². The highest BCUT2D eigenvalue weighted by Crippen LogP contribution is 2.24. The second-order valence-corrected chi connectivity index (χ2v) is 6.26. The first-order valence-electron chi connectivity index (χ1n) is 6.85. The quantitative estimate of drug-likeness (QED) is 0.868. The van der Waals surface area contributed by atoms with Crippen LogP contribution in [0.25, 0.3) is 11.1 Å². The van der Waals surface area contributed by atoms with Crippen LogP contribution in [0.1, 0.15) is 32.6 Å². The van der Waals surface area contributed by atoms with Crippen LogP contribution >= 0.6 is 15.9 Å². The molecule has 19 heavy (non-hydrogen) atoms. The number of aromatic nitrogens is 1. The van der Waals surface area contributed by atoms with Crippen molar-refractivity contribution in [3.8, 4) is 0 Å². The summed E-state index contributed by atoms with van der Waals surface area (Å²) in [4.78, 5) is 4.54. The Morgan fingerprint density at radius 1 is 1.32 bits per heavy atom. The highest BCUT2D eigenvalue weighted by Gasteiger charge is 2.14. The van der Waals surface area contributed by atoms with Gasteiger partial charge in [0.1, 0.15) is 5.52 Å². The molecule has 0 saturated carbocycles. The smallest absolute Gasteiger partial charge is 0.195 e. The average Bonchev–Trinajstić information content (AvgIpc) is 2.75. The molecule has 4 heteroatoms. The summed E-state index contributed by atoms with van der Waals surface area (Å²) in [5, 5.41) is 0. The fraction of sp³-hybridized carbons (Fsp3) is 0.533. The molecule has 1 atom stereocenters. The maximum absolute atomic E-state index is 5.77. The highest BCUT2D eigenvalue weighted by atomic mass is 79.9. The van der Waals surface area contributed by atoms with Gasteiger partial charge in [0.2, 0.25) is 0 Å². The molecular formula is C15H21BrN2O. The van der Waals surface area contributed by atoms with Crippen LogP contribution in [0.3, 0.4) is 0 Å². The van der Waals surface area contributed by atoms with Crippen molar-refractivity contribution < 1.29 is 4.42 Å². The predicted molar refractivity (Wildman–Crippen MR) is 82.0 cm³/mol. The second-order valence-electron chi connectivity index (χ2n) is 5.34. The molecule has 0 aliphatic heterocycles. The van der Waals surface area contributed by atoms with Crippen molar-refractivity contribution in [2.45, 2.75) is 33.1 Å². The molecule has 1 aromatic carbocycles. The molecule has 0 aliphatic carbocycles. The minimum Gasteiger partial charge on any atom is -0.441 e. The third-order valence-electron chi connectivity index (χ3n) is 3.60. The van der Waals surface area contributed by atoms with Gasteiger partial charge in [-0.25, -0.2) is 4.98 Å². The molecule has 0 radical (unpaired) electrons. The van der Waals surface area contributed by atoms with Crippen molar-refractivity contribution in [2.75, 3.05) is 6.54 Å². The number of benzene rings is 1. The van der Waals surface area contributed by atoms with Gasteiger partial charge < -0.3 is 10.2 Å². The van der Waals surface area contributed by atoms with Gasteiger partial charge in [-0.05, 0) is 49.4 Å². The van der Waals surface area contributed by atoms with Crippen molar-refractivity contribution in [1.82, 2.24) is 4.98 Å². The van der Waals surface area contributed by atoms with E-state index in [2.05, 4.69) is 34.8 Å². The Balaban J connectivity index is 2.04. The monoisotopic (exact) mass is 324 g/mol. The molecule has 0 bridgehead atoms. The van der Waals surface area contributed by atoms with Gasteiger partial charge in [0.25, 0.3) is 0 Å². The fourth-order valence-electron chi connectivity index (χ4n) is 2.39. The number of rotatable bonds is 6. The number of hydrogen-bond acceptors (Lipinski definition) is 3. The molecule has 0 fully saturated rings. The van der Waals surface area contributed by atoms with Crippen LogP contribution in [-0.4, -0.2) is 11.5 Å². The zero-order valence-electron chi connectivity index (χ0n) is 11.5. The van der Waals surface area contributed by atoms with Gasteiger partial charge >= 0.3 is 0 Å². The van der Waals surface area contributed by atoms with E-state index >= 15 is 0 Å². The number of nitrogens with zero attached hydrogens (tertiary/aromatic N) is 1. The lowest BCUT2D eigenvalue weighted by Crippen LogP contribution is -2.15. The van der Waals surface area contributed by atoms with E-state index in [4.69, 9.17) is 10.2 Å². The maximum atomic E-state index is 5.77. The number of nitrogens with two attached hydrogens (primary N) is 1. The lowest BCUT2D eigenvalue weighted by atomic mass is 9.88. The fourth-order valence-corrected chi connectivity index (χ4v) is 2.74. The van der Waals surface area contributed by atoms with E-state index in [0.29, 0.717) is 11.8 Å². The molecule has 0 amide bonds. The molecular weight excluding hydrogens is 304 g/mol. The molecule has 1 unspecified atom stereocenters. The zero-order chi connectivity index (χ0) is 13.8. The van der Waals surface area contributed by atoms with Crippen molar-refractivity contribution in [3.05, 3.63) is 28.6 Å². The normalized spacial score (nSPS) is 13.3. The van der Waals surface area contributed by atoms with Crippen LogP contribution in [0.15, 0.2) is 27.1 Å². The molecule has 3 nitrogen and oxygen atoms in total. The van der Waals surface area contributed by atoms with E-state index in [0.717, 1.165) is 47.3 Å². The first-order valence-corrected chi connectivity index (χ1v) is 7.64. The summed E-state index contributed by atoms with van der Waals surface area (Å²) < 4.78 is 6.80. The predicted octanol–water partition coefficient (Wildman–Crippen LogP) is 4.14. The van der Waals surface area contributed by atoms with E-state index in [9.17, 15) is 0 Å². The molecule has 2 aromatic rings. The highest BCUT2D eigenvalue weighted by molar-refractivity contribution is 9.10. The Morgan fingerprint density at radius 3 is 2.79 bits per heavy atom.